The second-order valence-corrected chi connectivity index (χ2v) is 19.5. The van der Waals surface area contributed by atoms with Gasteiger partial charge in [0.05, 0.1) is 0 Å². The lowest BCUT2D eigenvalue weighted by molar-refractivity contribution is 0.660. The van der Waals surface area contributed by atoms with Gasteiger partial charge in [-0.1, -0.05) is 214 Å². The van der Waals surface area contributed by atoms with Gasteiger partial charge in [-0.15, -0.1) is 0 Å². The Kier molecular flexibility index (Phi) is 7.83. The first-order valence-electron chi connectivity index (χ1n) is 19.4. The van der Waals surface area contributed by atoms with Crippen LogP contribution in [0.25, 0.3) is 54.9 Å². The summed E-state index contributed by atoms with van der Waals surface area (Å²) in [5.74, 6) is 0. The molecule has 0 atom stereocenters. The maximum Gasteiger partial charge on any atom is 0.179 e. The quantitative estimate of drug-likeness (QED) is 0.0912. The van der Waals surface area contributed by atoms with Crippen LogP contribution in [0.15, 0.2) is 200 Å². The number of benzene rings is 9. The second kappa shape index (κ2) is 12.9. The molecule has 55 heavy (non-hydrogen) atoms. The first kappa shape index (κ1) is 33.3. The van der Waals surface area contributed by atoms with Gasteiger partial charge in [0.2, 0.25) is 0 Å². The van der Waals surface area contributed by atoms with E-state index in [0.717, 1.165) is 0 Å². The number of rotatable bonds is 6. The van der Waals surface area contributed by atoms with Crippen LogP contribution in [-0.4, -0.2) is 8.07 Å². The molecule has 1 heteroatoms. The predicted octanol–water partition coefficient (Wildman–Crippen LogP) is 11.3. The monoisotopic (exact) mass is 718 g/mol. The number of hydrogen-bond donors (Lipinski definition) is 0. The van der Waals surface area contributed by atoms with Crippen molar-refractivity contribution in [2.45, 2.75) is 26.2 Å². The van der Waals surface area contributed by atoms with Crippen molar-refractivity contribution < 1.29 is 0 Å². The van der Waals surface area contributed by atoms with Crippen molar-refractivity contribution >= 4 is 50.4 Å². The normalized spacial score (nSPS) is 13.1. The minimum absolute atomic E-state index is 0.0665. The van der Waals surface area contributed by atoms with Crippen LogP contribution < -0.4 is 20.7 Å². The smallest absolute Gasteiger partial charge is 0.0623 e. The molecule has 0 unspecified atom stereocenters. The van der Waals surface area contributed by atoms with Gasteiger partial charge in [-0.3, -0.25) is 0 Å². The zero-order valence-corrected chi connectivity index (χ0v) is 32.6. The molecule has 0 radical (unpaired) electrons. The minimum atomic E-state index is -2.64. The number of aryl methyl sites for hydroxylation is 1. The first-order valence-corrected chi connectivity index (χ1v) is 21.4. The van der Waals surface area contributed by atoms with E-state index in [1.165, 1.54) is 92.4 Å². The molecule has 10 rings (SSSR count). The maximum absolute atomic E-state index is 2.64. The van der Waals surface area contributed by atoms with E-state index in [1.807, 2.05) is 0 Å². The SMILES string of the molecule is Cc1ccc2c(-c3ccc([Si](c4ccccc4)(c4ccccc4)c4ccccc4)cc3)c3ccccc3c(-c3ccc4c(c3)C(C)(C)c3ccccc3-4)c2c1. The van der Waals surface area contributed by atoms with Gasteiger partial charge in [0.1, 0.15) is 0 Å². The highest BCUT2D eigenvalue weighted by Crippen LogP contribution is 2.51. The van der Waals surface area contributed by atoms with Gasteiger partial charge in [0.25, 0.3) is 0 Å². The molecule has 262 valence electrons. The van der Waals surface area contributed by atoms with Gasteiger partial charge in [-0.25, -0.2) is 0 Å². The molecule has 1 aliphatic rings. The van der Waals surface area contributed by atoms with Crippen LogP contribution in [0.3, 0.4) is 0 Å². The maximum atomic E-state index is 2.48. The van der Waals surface area contributed by atoms with Crippen molar-refractivity contribution in [1.82, 2.24) is 0 Å². The van der Waals surface area contributed by atoms with Gasteiger partial charge in [-0.2, -0.15) is 0 Å². The van der Waals surface area contributed by atoms with Gasteiger partial charge < -0.3 is 0 Å². The van der Waals surface area contributed by atoms with E-state index in [1.54, 1.807) is 0 Å². The molecule has 9 aromatic carbocycles. The van der Waals surface area contributed by atoms with Crippen molar-refractivity contribution in [2.75, 3.05) is 0 Å². The van der Waals surface area contributed by atoms with E-state index < -0.39 is 8.07 Å². The molecule has 0 aromatic heterocycles. The van der Waals surface area contributed by atoms with Crippen molar-refractivity contribution in [1.29, 1.82) is 0 Å². The Morgan fingerprint density at radius 2 is 0.800 bits per heavy atom. The lowest BCUT2D eigenvalue weighted by atomic mass is 9.80. The Balaban J connectivity index is 1.20. The summed E-state index contributed by atoms with van der Waals surface area (Å²) in [7, 11) is -2.64. The van der Waals surface area contributed by atoms with E-state index in [2.05, 4.69) is 221 Å². The Morgan fingerprint density at radius 3 is 1.40 bits per heavy atom. The second-order valence-electron chi connectivity index (χ2n) is 15.7. The largest absolute Gasteiger partial charge is 0.179 e. The molecular weight excluding hydrogens is 677 g/mol. The molecular formula is C54H42Si. The summed E-state index contributed by atoms with van der Waals surface area (Å²) in [6, 6.07) is 75.4. The zero-order chi connectivity index (χ0) is 37.1. The van der Waals surface area contributed by atoms with Gasteiger partial charge in [0.15, 0.2) is 8.07 Å². The summed E-state index contributed by atoms with van der Waals surface area (Å²) in [5, 5.41) is 10.7. The molecule has 0 bridgehead atoms. The van der Waals surface area contributed by atoms with Gasteiger partial charge in [0, 0.05) is 5.41 Å². The summed E-state index contributed by atoms with van der Waals surface area (Å²) in [4.78, 5) is 0. The summed E-state index contributed by atoms with van der Waals surface area (Å²) >= 11 is 0. The predicted molar refractivity (Wildman–Crippen MR) is 238 cm³/mol. The lowest BCUT2D eigenvalue weighted by Crippen LogP contribution is -2.74. The molecule has 0 heterocycles. The van der Waals surface area contributed by atoms with Gasteiger partial charge in [-0.05, 0) is 99.8 Å². The first-order chi connectivity index (χ1) is 27.0. The molecule has 0 saturated heterocycles. The van der Waals surface area contributed by atoms with Crippen LogP contribution in [0.2, 0.25) is 0 Å². The highest BCUT2D eigenvalue weighted by atomic mass is 28.3. The molecule has 1 aliphatic carbocycles. The van der Waals surface area contributed by atoms with Crippen molar-refractivity contribution in [2.24, 2.45) is 0 Å². The average Bonchev–Trinajstić information content (AvgIpc) is 3.47. The third-order valence-corrected chi connectivity index (χ3v) is 17.1. The van der Waals surface area contributed by atoms with Crippen LogP contribution in [-0.2, 0) is 5.41 Å². The third-order valence-electron chi connectivity index (χ3n) is 12.3. The fourth-order valence-corrected chi connectivity index (χ4v) is 14.5. The Morgan fingerprint density at radius 1 is 0.345 bits per heavy atom. The number of fused-ring (bicyclic) bond motifs is 5. The third kappa shape index (κ3) is 5.11. The summed E-state index contributed by atoms with van der Waals surface area (Å²) in [6.45, 7) is 6.97. The number of hydrogen-bond acceptors (Lipinski definition) is 0. The van der Waals surface area contributed by atoms with E-state index in [9.17, 15) is 0 Å². The fraction of sp³-hybridized carbons (Fsp3) is 0.0741. The molecule has 0 nitrogen and oxygen atoms in total. The zero-order valence-electron chi connectivity index (χ0n) is 31.6. The highest BCUT2D eigenvalue weighted by Gasteiger charge is 2.41. The molecule has 9 aromatic rings. The molecule has 0 aliphatic heterocycles. The van der Waals surface area contributed by atoms with E-state index in [0.29, 0.717) is 0 Å². The topological polar surface area (TPSA) is 0 Å². The van der Waals surface area contributed by atoms with Crippen LogP contribution in [0.1, 0.15) is 30.5 Å². The van der Waals surface area contributed by atoms with Crippen LogP contribution >= 0.6 is 0 Å². The van der Waals surface area contributed by atoms with Gasteiger partial charge >= 0.3 is 0 Å². The Labute approximate surface area is 325 Å². The fourth-order valence-electron chi connectivity index (χ4n) is 9.73. The van der Waals surface area contributed by atoms with Crippen LogP contribution in [0.4, 0.5) is 0 Å². The summed E-state index contributed by atoms with van der Waals surface area (Å²) < 4.78 is 0. The van der Waals surface area contributed by atoms with Crippen LogP contribution in [0, 0.1) is 6.92 Å². The van der Waals surface area contributed by atoms with Crippen LogP contribution in [0.5, 0.6) is 0 Å². The van der Waals surface area contributed by atoms with Crippen molar-refractivity contribution in [3.8, 4) is 33.4 Å². The lowest BCUT2D eigenvalue weighted by Gasteiger charge is -2.34. The average molecular weight is 719 g/mol. The molecule has 0 spiro atoms. The standard InChI is InChI=1S/C54H42Si/c1-37-27-33-48-49(35-37)53(39-30-34-45-44-23-15-16-26-50(44)54(2,3)51(45)36-39)47-25-14-13-24-46(47)52(48)38-28-31-43(32-29-38)55(40-17-7-4-8-18-40,41-19-9-5-10-20-41)42-21-11-6-12-22-42/h4-36H,1-3H3. The Bertz CT molecular complexity index is 2770. The Hall–Kier alpha value is -6.28. The molecule has 0 saturated carbocycles. The van der Waals surface area contributed by atoms with Crippen molar-refractivity contribution in [3.05, 3.63) is 217 Å². The van der Waals surface area contributed by atoms with E-state index in [4.69, 9.17) is 0 Å². The van der Waals surface area contributed by atoms with E-state index >= 15 is 0 Å². The molecule has 0 N–H and O–H groups in total. The summed E-state index contributed by atoms with van der Waals surface area (Å²) in [5.41, 5.74) is 11.8. The highest BCUT2D eigenvalue weighted by molar-refractivity contribution is 7.19. The van der Waals surface area contributed by atoms with Crippen molar-refractivity contribution in [3.63, 3.8) is 0 Å². The molecule has 0 amide bonds. The minimum Gasteiger partial charge on any atom is -0.0623 e. The summed E-state index contributed by atoms with van der Waals surface area (Å²) in [6.07, 6.45) is 0. The van der Waals surface area contributed by atoms with E-state index in [-0.39, 0.29) is 5.41 Å². The molecule has 0 fully saturated rings.